The lowest BCUT2D eigenvalue weighted by Gasteiger charge is -2.35. The van der Waals surface area contributed by atoms with Crippen LogP contribution in [0.15, 0.2) is 30.3 Å². The lowest BCUT2D eigenvalue weighted by Crippen LogP contribution is -2.44. The lowest BCUT2D eigenvalue weighted by molar-refractivity contribution is -0.0704. The highest BCUT2D eigenvalue weighted by molar-refractivity contribution is 7.14. The van der Waals surface area contributed by atoms with Crippen LogP contribution in [0.2, 0.25) is 0 Å². The Bertz CT molecular complexity index is 1420. The van der Waals surface area contributed by atoms with Crippen molar-refractivity contribution in [3.8, 4) is 0 Å². The molecule has 2 aromatic heterocycles. The number of aromatic nitrogens is 2. The van der Waals surface area contributed by atoms with Crippen LogP contribution in [0.5, 0.6) is 0 Å². The zero-order valence-electron chi connectivity index (χ0n) is 24.7. The molecule has 9 nitrogen and oxygen atoms in total. The van der Waals surface area contributed by atoms with E-state index in [-0.39, 0.29) is 34.1 Å². The van der Waals surface area contributed by atoms with Crippen molar-refractivity contribution in [2.75, 3.05) is 25.0 Å². The first-order valence-corrected chi connectivity index (χ1v) is 15.2. The van der Waals surface area contributed by atoms with Gasteiger partial charge in [-0.1, -0.05) is 6.07 Å². The van der Waals surface area contributed by atoms with Crippen LogP contribution in [-0.4, -0.2) is 74.8 Å². The monoisotopic (exact) mass is 603 g/mol. The number of ether oxygens (including phenoxy) is 2. The summed E-state index contributed by atoms with van der Waals surface area (Å²) in [7, 11) is 0. The molecule has 2 aliphatic rings. The van der Waals surface area contributed by atoms with E-state index in [1.54, 1.807) is 4.90 Å². The number of likely N-dealkylation sites (tertiary alicyclic amines) is 1. The predicted octanol–water partition coefficient (Wildman–Crippen LogP) is 6.30. The van der Waals surface area contributed by atoms with Crippen LogP contribution in [0.25, 0.3) is 11.0 Å². The topological polar surface area (TPSA) is 88.9 Å². The van der Waals surface area contributed by atoms with Crippen LogP contribution in [0, 0.1) is 0 Å². The first kappa shape index (κ1) is 30.4. The Morgan fingerprint density at radius 3 is 2.57 bits per heavy atom. The van der Waals surface area contributed by atoms with E-state index in [0.29, 0.717) is 24.6 Å². The third kappa shape index (κ3) is 7.09. The van der Waals surface area contributed by atoms with Crippen LogP contribution in [0.4, 0.5) is 19.5 Å². The molecule has 2 aliphatic heterocycles. The number of hydrogen-bond donors (Lipinski definition) is 1. The van der Waals surface area contributed by atoms with Crippen molar-refractivity contribution < 1.29 is 27.8 Å². The number of carbonyl (C=O) groups excluding carboxylic acids is 2. The smallest absolute Gasteiger partial charge is 0.410 e. The van der Waals surface area contributed by atoms with Crippen LogP contribution in [-0.2, 0) is 22.6 Å². The number of alkyl halides is 2. The summed E-state index contributed by atoms with van der Waals surface area (Å²) in [6.07, 6.45) is -1.08. The number of imidazole rings is 1. The average Bonchev–Trinajstić information content (AvgIpc) is 3.62. The molecule has 3 aromatic rings. The molecule has 2 unspecified atom stereocenters. The van der Waals surface area contributed by atoms with E-state index in [0.717, 1.165) is 54.9 Å². The second-order valence-electron chi connectivity index (χ2n) is 12.2. The summed E-state index contributed by atoms with van der Waals surface area (Å²) in [5.41, 5.74) is 1.99. The van der Waals surface area contributed by atoms with E-state index in [4.69, 9.17) is 14.5 Å². The van der Waals surface area contributed by atoms with Gasteiger partial charge in [0.2, 0.25) is 5.95 Å². The van der Waals surface area contributed by atoms with Gasteiger partial charge in [0, 0.05) is 32.7 Å². The Morgan fingerprint density at radius 2 is 1.90 bits per heavy atom. The third-order valence-corrected chi connectivity index (χ3v) is 8.49. The molecule has 1 N–H and O–H groups in total. The maximum Gasteiger partial charge on any atom is 0.410 e. The van der Waals surface area contributed by atoms with Gasteiger partial charge in [0.05, 0.1) is 39.0 Å². The molecule has 2 saturated heterocycles. The van der Waals surface area contributed by atoms with Gasteiger partial charge in [-0.25, -0.2) is 18.6 Å². The van der Waals surface area contributed by atoms with E-state index in [2.05, 4.69) is 30.1 Å². The Kier molecular flexibility index (Phi) is 8.86. The fourth-order valence-electron chi connectivity index (χ4n) is 5.78. The van der Waals surface area contributed by atoms with Crippen molar-refractivity contribution in [3.05, 3.63) is 45.6 Å². The zero-order valence-corrected chi connectivity index (χ0v) is 25.5. The maximum atomic E-state index is 13.2. The Morgan fingerprint density at radius 1 is 1.17 bits per heavy atom. The number of anilines is 1. The molecule has 0 saturated carbocycles. The predicted molar refractivity (Wildman–Crippen MR) is 158 cm³/mol. The van der Waals surface area contributed by atoms with Crippen LogP contribution in [0.3, 0.4) is 0 Å². The number of morpholine rings is 1. The van der Waals surface area contributed by atoms with Crippen molar-refractivity contribution in [3.63, 3.8) is 0 Å². The molecule has 0 aliphatic carbocycles. The molecule has 2 fully saturated rings. The quantitative estimate of drug-likeness (QED) is 0.341. The highest BCUT2D eigenvalue weighted by Crippen LogP contribution is 2.30. The Hall–Kier alpha value is -3.09. The minimum Gasteiger partial charge on any atom is -0.444 e. The van der Waals surface area contributed by atoms with E-state index in [1.165, 1.54) is 12.1 Å². The number of hydrogen-bond acceptors (Lipinski definition) is 7. The summed E-state index contributed by atoms with van der Waals surface area (Å²) in [5, 5.41) is 2.85. The SMILES string of the molecule is CC1CN(Cc2ccc3c(c2)nc(NC(=O)c2ccc(C(F)F)s2)n3C[C@H]2CCCN2C(=O)OC(C)(C)C)CC(C)O1. The van der Waals surface area contributed by atoms with Gasteiger partial charge in [-0.15, -0.1) is 11.3 Å². The standard InChI is InChI=1S/C30H39F2N5O4S/c1-18-14-35(15-19(2)40-18)16-20-8-9-23-22(13-20)33-28(34-27(38)25-11-10-24(42-25)26(31)32)37(23)17-21-7-6-12-36(21)29(39)41-30(3,4)5/h8-11,13,18-19,21,26H,6-7,12,14-17H2,1-5H3,(H,33,34,38)/t18?,19?,21-/m1/s1. The van der Waals surface area contributed by atoms with Crippen LogP contribution < -0.4 is 5.32 Å². The summed E-state index contributed by atoms with van der Waals surface area (Å²) >= 11 is 0.761. The van der Waals surface area contributed by atoms with Crippen molar-refractivity contribution >= 4 is 40.3 Å². The lowest BCUT2D eigenvalue weighted by atomic mass is 10.1. The maximum absolute atomic E-state index is 13.2. The minimum atomic E-state index is -2.64. The van der Waals surface area contributed by atoms with Crippen molar-refractivity contribution in [2.45, 2.75) is 90.8 Å². The number of carbonyl (C=O) groups is 2. The first-order valence-electron chi connectivity index (χ1n) is 14.4. The molecular weight excluding hydrogens is 564 g/mol. The molecule has 3 atom stereocenters. The fraction of sp³-hybridized carbons (Fsp3) is 0.567. The summed E-state index contributed by atoms with van der Waals surface area (Å²) in [6.45, 7) is 13.1. The van der Waals surface area contributed by atoms with Gasteiger partial charge < -0.3 is 18.9 Å². The molecule has 12 heteroatoms. The summed E-state index contributed by atoms with van der Waals surface area (Å²) in [4.78, 5) is 35.0. The van der Waals surface area contributed by atoms with Crippen molar-refractivity contribution in [1.29, 1.82) is 0 Å². The number of rotatable bonds is 7. The molecule has 42 heavy (non-hydrogen) atoms. The van der Waals surface area contributed by atoms with Gasteiger partial charge in [0.25, 0.3) is 12.3 Å². The molecule has 228 valence electrons. The van der Waals surface area contributed by atoms with Gasteiger partial charge in [-0.2, -0.15) is 0 Å². The van der Waals surface area contributed by atoms with E-state index < -0.39 is 17.9 Å². The van der Waals surface area contributed by atoms with Gasteiger partial charge in [-0.05, 0) is 77.3 Å². The Balaban J connectivity index is 1.44. The Labute approximate surface area is 248 Å². The van der Waals surface area contributed by atoms with Crippen molar-refractivity contribution in [1.82, 2.24) is 19.4 Å². The minimum absolute atomic E-state index is 0.153. The molecule has 1 aromatic carbocycles. The summed E-state index contributed by atoms with van der Waals surface area (Å²) in [5.74, 6) is -0.195. The zero-order chi connectivity index (χ0) is 30.2. The molecule has 2 amide bonds. The summed E-state index contributed by atoms with van der Waals surface area (Å²) in [6, 6.07) is 8.59. The van der Waals surface area contributed by atoms with Gasteiger partial charge in [-0.3, -0.25) is 15.0 Å². The number of amides is 2. The largest absolute Gasteiger partial charge is 0.444 e. The molecule has 0 bridgehead atoms. The fourth-order valence-corrected chi connectivity index (χ4v) is 6.54. The molecule has 0 radical (unpaired) electrons. The van der Waals surface area contributed by atoms with Crippen LogP contribution in [0.1, 0.15) is 74.0 Å². The number of fused-ring (bicyclic) bond motifs is 1. The average molecular weight is 604 g/mol. The van der Waals surface area contributed by atoms with Gasteiger partial charge in [0.15, 0.2) is 0 Å². The van der Waals surface area contributed by atoms with Crippen molar-refractivity contribution in [2.24, 2.45) is 0 Å². The normalized spacial score (nSPS) is 21.8. The van der Waals surface area contributed by atoms with Crippen LogP contribution >= 0.6 is 11.3 Å². The molecule has 5 rings (SSSR count). The number of halogens is 2. The molecule has 4 heterocycles. The van der Waals surface area contributed by atoms with E-state index in [1.807, 2.05) is 37.5 Å². The third-order valence-electron chi connectivity index (χ3n) is 7.40. The molecular formula is C30H39F2N5O4S. The molecule has 0 spiro atoms. The number of benzene rings is 1. The number of nitrogens with one attached hydrogen (secondary N) is 1. The van der Waals surface area contributed by atoms with E-state index in [9.17, 15) is 18.4 Å². The van der Waals surface area contributed by atoms with Gasteiger partial charge >= 0.3 is 6.09 Å². The van der Waals surface area contributed by atoms with E-state index >= 15 is 0 Å². The highest BCUT2D eigenvalue weighted by Gasteiger charge is 2.33. The first-order chi connectivity index (χ1) is 19.9. The highest BCUT2D eigenvalue weighted by atomic mass is 32.1. The second kappa shape index (κ2) is 12.3. The number of nitrogens with zero attached hydrogens (tertiary/aromatic N) is 4. The second-order valence-corrected chi connectivity index (χ2v) is 13.4. The summed E-state index contributed by atoms with van der Waals surface area (Å²) < 4.78 is 39.8. The number of thiophene rings is 1. The van der Waals surface area contributed by atoms with Gasteiger partial charge in [0.1, 0.15) is 5.60 Å².